The molecule has 2 aromatic rings. The first-order chi connectivity index (χ1) is 12.7. The van der Waals surface area contributed by atoms with Gasteiger partial charge < -0.3 is 15.5 Å². The molecule has 1 fully saturated rings. The molecule has 0 radical (unpaired) electrons. The summed E-state index contributed by atoms with van der Waals surface area (Å²) in [5.74, 6) is 0.753. The first kappa shape index (κ1) is 16.5. The molecule has 0 bridgehead atoms. The lowest BCUT2D eigenvalue weighted by Gasteiger charge is -2.33. The van der Waals surface area contributed by atoms with Crippen LogP contribution in [0, 0.1) is 0 Å². The van der Waals surface area contributed by atoms with Crippen LogP contribution in [0.2, 0.25) is 0 Å². The van der Waals surface area contributed by atoms with Gasteiger partial charge >= 0.3 is 0 Å². The third kappa shape index (κ3) is 3.37. The van der Waals surface area contributed by atoms with Crippen molar-refractivity contribution in [1.82, 2.24) is 20.6 Å². The molecule has 134 valence electrons. The van der Waals surface area contributed by atoms with Gasteiger partial charge in [0.2, 0.25) is 5.91 Å². The number of anilines is 1. The highest BCUT2D eigenvalue weighted by molar-refractivity contribution is 5.99. The summed E-state index contributed by atoms with van der Waals surface area (Å²) in [5, 5.41) is 6.00. The number of rotatable bonds is 4. The van der Waals surface area contributed by atoms with Gasteiger partial charge in [0.1, 0.15) is 5.82 Å². The number of fused-ring (bicyclic) bond motifs is 1. The molecule has 1 atom stereocenters. The highest BCUT2D eigenvalue weighted by Gasteiger charge is 2.30. The summed E-state index contributed by atoms with van der Waals surface area (Å²) < 4.78 is 0. The van der Waals surface area contributed by atoms with E-state index in [1.54, 1.807) is 24.7 Å². The lowest BCUT2D eigenvalue weighted by molar-refractivity contribution is -0.122. The van der Waals surface area contributed by atoms with E-state index in [0.717, 1.165) is 37.3 Å². The van der Waals surface area contributed by atoms with Crippen LogP contribution in [0.25, 0.3) is 0 Å². The van der Waals surface area contributed by atoms with Gasteiger partial charge in [0.15, 0.2) is 0 Å². The molecule has 0 aliphatic carbocycles. The molecule has 7 nitrogen and oxygen atoms in total. The lowest BCUT2D eigenvalue weighted by Crippen LogP contribution is -2.45. The quantitative estimate of drug-likeness (QED) is 0.870. The van der Waals surface area contributed by atoms with Crippen LogP contribution in [-0.2, 0) is 4.79 Å². The number of amides is 2. The largest absolute Gasteiger partial charge is 0.355 e. The van der Waals surface area contributed by atoms with Crippen LogP contribution in [-0.4, -0.2) is 40.9 Å². The second-order valence-corrected chi connectivity index (χ2v) is 6.71. The van der Waals surface area contributed by atoms with E-state index in [1.165, 1.54) is 0 Å². The van der Waals surface area contributed by atoms with Crippen LogP contribution in [0.15, 0.2) is 42.9 Å². The molecule has 0 spiro atoms. The van der Waals surface area contributed by atoms with Gasteiger partial charge in [-0.25, -0.2) is 4.98 Å². The number of nitrogens with one attached hydrogen (secondary N) is 2. The molecule has 2 N–H and O–H groups in total. The average Bonchev–Trinajstić information content (AvgIpc) is 2.99. The monoisotopic (exact) mass is 351 g/mol. The molecule has 4 rings (SSSR count). The maximum atomic E-state index is 12.4. The molecule has 0 saturated carbocycles. The van der Waals surface area contributed by atoms with Crippen molar-refractivity contribution in [3.05, 3.63) is 54.0 Å². The predicted octanol–water partition coefficient (Wildman–Crippen LogP) is 1.44. The lowest BCUT2D eigenvalue weighted by atomic mass is 10.0. The molecule has 1 unspecified atom stereocenters. The molecule has 2 aliphatic heterocycles. The molecule has 2 aliphatic rings. The summed E-state index contributed by atoms with van der Waals surface area (Å²) >= 11 is 0. The summed E-state index contributed by atoms with van der Waals surface area (Å²) in [6.45, 7) is 1.68. The number of benzene rings is 1. The molecule has 2 amide bonds. The van der Waals surface area contributed by atoms with Gasteiger partial charge in [-0.3, -0.25) is 14.6 Å². The van der Waals surface area contributed by atoms with Crippen LogP contribution in [0.4, 0.5) is 5.82 Å². The Morgan fingerprint density at radius 1 is 1.23 bits per heavy atom. The van der Waals surface area contributed by atoms with Gasteiger partial charge in [0.05, 0.1) is 18.7 Å². The Bertz CT molecular complexity index is 803. The highest BCUT2D eigenvalue weighted by Crippen LogP contribution is 2.27. The Morgan fingerprint density at radius 3 is 2.81 bits per heavy atom. The van der Waals surface area contributed by atoms with Crippen molar-refractivity contribution in [2.45, 2.75) is 31.3 Å². The molecule has 7 heteroatoms. The molecule has 1 saturated heterocycles. The van der Waals surface area contributed by atoms with Crippen molar-refractivity contribution in [1.29, 1.82) is 0 Å². The fraction of sp³-hybridized carbons (Fsp3) is 0.368. The fourth-order valence-electron chi connectivity index (χ4n) is 3.66. The first-order valence-electron chi connectivity index (χ1n) is 8.91. The maximum absolute atomic E-state index is 12.4. The van der Waals surface area contributed by atoms with Crippen molar-refractivity contribution in [2.75, 3.05) is 18.0 Å². The minimum absolute atomic E-state index is 0.0232. The van der Waals surface area contributed by atoms with Crippen molar-refractivity contribution in [3.63, 3.8) is 0 Å². The molecular formula is C19H21N5O2. The smallest absolute Gasteiger partial charge is 0.252 e. The van der Waals surface area contributed by atoms with Crippen molar-refractivity contribution in [2.24, 2.45) is 0 Å². The zero-order chi connectivity index (χ0) is 17.9. The van der Waals surface area contributed by atoms with Gasteiger partial charge in [0.25, 0.3) is 5.91 Å². The number of piperidine rings is 1. The number of carbonyl (C=O) groups excluding carboxylic acids is 2. The average molecular weight is 351 g/mol. The van der Waals surface area contributed by atoms with E-state index < -0.39 is 0 Å². The van der Waals surface area contributed by atoms with Gasteiger partial charge in [-0.2, -0.15) is 0 Å². The predicted molar refractivity (Wildman–Crippen MR) is 96.7 cm³/mol. The van der Waals surface area contributed by atoms with Gasteiger partial charge in [-0.1, -0.05) is 18.2 Å². The van der Waals surface area contributed by atoms with Crippen molar-refractivity contribution < 1.29 is 9.59 Å². The van der Waals surface area contributed by atoms with E-state index >= 15 is 0 Å². The van der Waals surface area contributed by atoms with Crippen LogP contribution in [0.3, 0.4) is 0 Å². The van der Waals surface area contributed by atoms with E-state index in [2.05, 4.69) is 25.5 Å². The SMILES string of the molecule is O=C(CC1NC(=O)c2ccccc21)NC1CCN(c2cnccn2)CC1. The van der Waals surface area contributed by atoms with Gasteiger partial charge in [0, 0.05) is 37.1 Å². The number of aromatic nitrogens is 2. The van der Waals surface area contributed by atoms with Crippen LogP contribution >= 0.6 is 0 Å². The molecule has 1 aromatic carbocycles. The Hall–Kier alpha value is -2.96. The Morgan fingerprint density at radius 2 is 2.04 bits per heavy atom. The fourth-order valence-corrected chi connectivity index (χ4v) is 3.66. The highest BCUT2D eigenvalue weighted by atomic mass is 16.2. The van der Waals surface area contributed by atoms with E-state index in [1.807, 2.05) is 18.2 Å². The Kier molecular flexibility index (Phi) is 4.51. The Balaban J connectivity index is 1.29. The van der Waals surface area contributed by atoms with E-state index in [-0.39, 0.29) is 30.3 Å². The number of nitrogens with zero attached hydrogens (tertiary/aromatic N) is 3. The third-order valence-corrected chi connectivity index (χ3v) is 5.01. The molecule has 1 aromatic heterocycles. The second-order valence-electron chi connectivity index (χ2n) is 6.71. The van der Waals surface area contributed by atoms with Crippen LogP contribution < -0.4 is 15.5 Å². The minimum Gasteiger partial charge on any atom is -0.355 e. The summed E-state index contributed by atoms with van der Waals surface area (Å²) in [7, 11) is 0. The molecule has 26 heavy (non-hydrogen) atoms. The van der Waals surface area contributed by atoms with Gasteiger partial charge in [-0.05, 0) is 24.5 Å². The summed E-state index contributed by atoms with van der Waals surface area (Å²) in [5.41, 5.74) is 1.58. The second kappa shape index (κ2) is 7.11. The van der Waals surface area contributed by atoms with Gasteiger partial charge in [-0.15, -0.1) is 0 Å². The first-order valence-corrected chi connectivity index (χ1v) is 8.91. The normalized spacial score (nSPS) is 19.8. The van der Waals surface area contributed by atoms with Crippen LogP contribution in [0.5, 0.6) is 0 Å². The van der Waals surface area contributed by atoms with Crippen molar-refractivity contribution in [3.8, 4) is 0 Å². The third-order valence-electron chi connectivity index (χ3n) is 5.01. The standard InChI is InChI=1S/C19H21N5O2/c25-18(11-16-14-3-1-2-4-15(14)19(26)23-16)22-13-5-9-24(10-6-13)17-12-20-7-8-21-17/h1-4,7-8,12-13,16H,5-6,9-11H2,(H,22,25)(H,23,26). The summed E-state index contributed by atoms with van der Waals surface area (Å²) in [4.78, 5) is 35.0. The Labute approximate surface area is 151 Å². The zero-order valence-corrected chi connectivity index (χ0v) is 14.4. The minimum atomic E-state index is -0.238. The van der Waals surface area contributed by atoms with Crippen molar-refractivity contribution >= 4 is 17.6 Å². The topological polar surface area (TPSA) is 87.2 Å². The molecular weight excluding hydrogens is 330 g/mol. The molecule has 3 heterocycles. The number of hydrogen-bond donors (Lipinski definition) is 2. The number of hydrogen-bond acceptors (Lipinski definition) is 5. The van der Waals surface area contributed by atoms with E-state index in [9.17, 15) is 9.59 Å². The van der Waals surface area contributed by atoms with Crippen LogP contribution in [0.1, 0.15) is 41.2 Å². The van der Waals surface area contributed by atoms with E-state index in [4.69, 9.17) is 0 Å². The van der Waals surface area contributed by atoms with E-state index in [0.29, 0.717) is 5.56 Å². The summed E-state index contributed by atoms with van der Waals surface area (Å²) in [6.07, 6.45) is 7.13. The maximum Gasteiger partial charge on any atom is 0.252 e. The zero-order valence-electron chi connectivity index (χ0n) is 14.4. The summed E-state index contributed by atoms with van der Waals surface area (Å²) in [6, 6.07) is 7.36. The number of carbonyl (C=O) groups is 2.